The Kier molecular flexibility index (Phi) is 3.18. The van der Waals surface area contributed by atoms with Crippen molar-refractivity contribution in [3.05, 3.63) is 70.2 Å². The highest BCUT2D eigenvalue weighted by atomic mass is 79.9. The van der Waals surface area contributed by atoms with Crippen LogP contribution in [0.25, 0.3) is 0 Å². The average molecular weight is 328 g/mol. The molecule has 3 nitrogen and oxygen atoms in total. The molecule has 20 heavy (non-hydrogen) atoms. The van der Waals surface area contributed by atoms with Crippen LogP contribution in [0, 0.1) is 0 Å². The lowest BCUT2D eigenvalue weighted by Gasteiger charge is -2.24. The number of nitrogens with two attached hydrogens (primary N) is 1. The molecule has 0 aromatic heterocycles. The maximum atomic E-state index is 5.97. The second kappa shape index (κ2) is 4.87. The fourth-order valence-corrected chi connectivity index (χ4v) is 2.78. The van der Waals surface area contributed by atoms with Gasteiger partial charge in [0.05, 0.1) is 5.71 Å². The lowest BCUT2D eigenvalue weighted by atomic mass is 9.92. The van der Waals surface area contributed by atoms with Crippen LogP contribution >= 0.6 is 15.9 Å². The lowest BCUT2D eigenvalue weighted by Crippen LogP contribution is -2.22. The number of rotatable bonds is 2. The van der Waals surface area contributed by atoms with Crippen molar-refractivity contribution >= 4 is 27.5 Å². The molecule has 3 rings (SSSR count). The number of nitrogens with zero attached hydrogens (tertiary/aromatic N) is 2. The first-order valence-electron chi connectivity index (χ1n) is 6.35. The van der Waals surface area contributed by atoms with Crippen molar-refractivity contribution in [2.75, 3.05) is 0 Å². The second-order valence-corrected chi connectivity index (χ2v) is 5.66. The van der Waals surface area contributed by atoms with Gasteiger partial charge in [-0.1, -0.05) is 58.4 Å². The van der Waals surface area contributed by atoms with Gasteiger partial charge in [0.2, 0.25) is 5.66 Å². The smallest absolute Gasteiger partial charge is 0.204 e. The predicted molar refractivity (Wildman–Crippen MR) is 86.1 cm³/mol. The lowest BCUT2D eigenvalue weighted by molar-refractivity contribution is 0.587. The molecule has 1 heterocycles. The minimum absolute atomic E-state index is 0.494. The maximum absolute atomic E-state index is 5.97. The molecule has 4 heteroatoms. The van der Waals surface area contributed by atoms with Crippen LogP contribution in [-0.4, -0.2) is 11.5 Å². The van der Waals surface area contributed by atoms with Crippen molar-refractivity contribution < 1.29 is 0 Å². The number of aliphatic imine (C=N–C) groups is 2. The van der Waals surface area contributed by atoms with Crippen LogP contribution in [0.3, 0.4) is 0 Å². The number of hydrogen-bond donors (Lipinski definition) is 1. The van der Waals surface area contributed by atoms with E-state index in [4.69, 9.17) is 10.7 Å². The molecule has 1 aliphatic heterocycles. The van der Waals surface area contributed by atoms with Crippen LogP contribution in [0.15, 0.2) is 69.1 Å². The largest absolute Gasteiger partial charge is 0.382 e. The highest BCUT2D eigenvalue weighted by Gasteiger charge is 2.37. The standard InChI is InChI=1S/C16H14BrN3/c1-11-15(18)20-16(19-11,12-6-3-2-4-7-12)13-8-5-9-14(17)10-13/h2-10H,1H3,(H2,18,20). The Hall–Kier alpha value is -1.94. The normalized spacial score (nSPS) is 21.5. The zero-order valence-corrected chi connectivity index (χ0v) is 12.6. The van der Waals surface area contributed by atoms with Gasteiger partial charge in [-0.3, -0.25) is 0 Å². The molecular weight excluding hydrogens is 314 g/mol. The molecule has 1 atom stereocenters. The predicted octanol–water partition coefficient (Wildman–Crippen LogP) is 3.48. The van der Waals surface area contributed by atoms with Gasteiger partial charge in [0.15, 0.2) is 0 Å². The maximum Gasteiger partial charge on any atom is 0.204 e. The molecule has 1 unspecified atom stereocenters. The van der Waals surface area contributed by atoms with E-state index >= 15 is 0 Å². The van der Waals surface area contributed by atoms with Gasteiger partial charge in [-0.15, -0.1) is 0 Å². The van der Waals surface area contributed by atoms with E-state index in [-0.39, 0.29) is 0 Å². The molecule has 0 saturated carbocycles. The first kappa shape index (κ1) is 13.1. The van der Waals surface area contributed by atoms with Gasteiger partial charge >= 0.3 is 0 Å². The van der Waals surface area contributed by atoms with E-state index in [0.717, 1.165) is 21.3 Å². The van der Waals surface area contributed by atoms with Gasteiger partial charge in [-0.2, -0.15) is 0 Å². The first-order valence-corrected chi connectivity index (χ1v) is 7.15. The van der Waals surface area contributed by atoms with Crippen molar-refractivity contribution in [3.63, 3.8) is 0 Å². The van der Waals surface area contributed by atoms with Gasteiger partial charge < -0.3 is 5.73 Å². The van der Waals surface area contributed by atoms with E-state index in [9.17, 15) is 0 Å². The third-order valence-corrected chi connectivity index (χ3v) is 3.88. The average Bonchev–Trinajstić information content (AvgIpc) is 2.77. The highest BCUT2D eigenvalue weighted by Crippen LogP contribution is 2.39. The topological polar surface area (TPSA) is 50.7 Å². The Bertz CT molecular complexity index is 687. The van der Waals surface area contributed by atoms with E-state index in [1.54, 1.807) is 0 Å². The molecule has 2 N–H and O–H groups in total. The Balaban J connectivity index is 2.26. The number of hydrogen-bond acceptors (Lipinski definition) is 3. The summed E-state index contributed by atoms with van der Waals surface area (Å²) in [5.74, 6) is 0.494. The molecule has 0 aliphatic carbocycles. The molecule has 2 aromatic rings. The summed E-state index contributed by atoms with van der Waals surface area (Å²) in [4.78, 5) is 9.40. The zero-order valence-electron chi connectivity index (χ0n) is 11.0. The Morgan fingerprint density at radius 2 is 1.65 bits per heavy atom. The monoisotopic (exact) mass is 327 g/mol. The van der Waals surface area contributed by atoms with Crippen LogP contribution in [0.4, 0.5) is 0 Å². The molecule has 2 aromatic carbocycles. The minimum atomic E-state index is -0.765. The van der Waals surface area contributed by atoms with Crippen LogP contribution in [-0.2, 0) is 5.66 Å². The van der Waals surface area contributed by atoms with Gasteiger partial charge in [0.1, 0.15) is 5.84 Å². The number of amidine groups is 1. The SMILES string of the molecule is CC1=NC(c2ccccc2)(c2cccc(Br)c2)N=C1N. The highest BCUT2D eigenvalue weighted by molar-refractivity contribution is 9.10. The van der Waals surface area contributed by atoms with Gasteiger partial charge in [0, 0.05) is 15.6 Å². The molecule has 0 amide bonds. The summed E-state index contributed by atoms with van der Waals surface area (Å²) in [6.45, 7) is 1.89. The molecule has 0 saturated heterocycles. The summed E-state index contributed by atoms with van der Waals surface area (Å²) in [7, 11) is 0. The Morgan fingerprint density at radius 3 is 2.25 bits per heavy atom. The Morgan fingerprint density at radius 1 is 0.950 bits per heavy atom. The number of halogens is 1. The van der Waals surface area contributed by atoms with Gasteiger partial charge in [-0.05, 0) is 19.1 Å². The summed E-state index contributed by atoms with van der Waals surface area (Å²) >= 11 is 3.51. The van der Waals surface area contributed by atoms with Crippen molar-refractivity contribution in [2.24, 2.45) is 15.7 Å². The molecule has 100 valence electrons. The molecule has 0 fully saturated rings. The van der Waals surface area contributed by atoms with Crippen LogP contribution in [0.2, 0.25) is 0 Å². The van der Waals surface area contributed by atoms with Gasteiger partial charge in [-0.25, -0.2) is 9.98 Å². The molecule has 0 radical (unpaired) electrons. The molecular formula is C16H14BrN3. The molecule has 0 bridgehead atoms. The van der Waals surface area contributed by atoms with Crippen molar-refractivity contribution in [3.8, 4) is 0 Å². The first-order chi connectivity index (χ1) is 9.62. The quantitative estimate of drug-likeness (QED) is 0.901. The van der Waals surface area contributed by atoms with E-state index < -0.39 is 5.66 Å². The van der Waals surface area contributed by atoms with Gasteiger partial charge in [0.25, 0.3) is 0 Å². The minimum Gasteiger partial charge on any atom is -0.382 e. The van der Waals surface area contributed by atoms with Crippen LogP contribution in [0.1, 0.15) is 18.1 Å². The summed E-state index contributed by atoms with van der Waals surface area (Å²) in [6.07, 6.45) is 0. The number of benzene rings is 2. The van der Waals surface area contributed by atoms with Crippen molar-refractivity contribution in [2.45, 2.75) is 12.6 Å². The summed E-state index contributed by atoms with van der Waals surface area (Å²) in [5, 5.41) is 0. The zero-order chi connectivity index (χ0) is 14.2. The van der Waals surface area contributed by atoms with E-state index in [1.807, 2.05) is 61.5 Å². The fourth-order valence-electron chi connectivity index (χ4n) is 2.38. The summed E-state index contributed by atoms with van der Waals surface area (Å²) in [6, 6.07) is 18.0. The Labute approximate surface area is 126 Å². The molecule has 0 spiro atoms. The summed E-state index contributed by atoms with van der Waals surface area (Å²) < 4.78 is 0.999. The second-order valence-electron chi connectivity index (χ2n) is 4.74. The fraction of sp³-hybridized carbons (Fsp3) is 0.125. The van der Waals surface area contributed by atoms with E-state index in [2.05, 4.69) is 20.9 Å². The van der Waals surface area contributed by atoms with E-state index in [1.165, 1.54) is 0 Å². The van der Waals surface area contributed by atoms with E-state index in [0.29, 0.717) is 5.84 Å². The van der Waals surface area contributed by atoms with Crippen molar-refractivity contribution in [1.29, 1.82) is 0 Å². The van der Waals surface area contributed by atoms with Crippen LogP contribution in [0.5, 0.6) is 0 Å². The van der Waals surface area contributed by atoms with Crippen molar-refractivity contribution in [1.82, 2.24) is 0 Å². The third kappa shape index (κ3) is 2.06. The third-order valence-electron chi connectivity index (χ3n) is 3.39. The van der Waals surface area contributed by atoms with Crippen LogP contribution < -0.4 is 5.73 Å². The molecule has 1 aliphatic rings. The summed E-state index contributed by atoms with van der Waals surface area (Å²) in [5.41, 5.74) is 7.99.